The van der Waals surface area contributed by atoms with Crippen molar-refractivity contribution in [2.24, 2.45) is 5.92 Å². The van der Waals surface area contributed by atoms with Gasteiger partial charge < -0.3 is 15.6 Å². The summed E-state index contributed by atoms with van der Waals surface area (Å²) in [6.07, 6.45) is 13.3. The molecular weight excluding hydrogens is 248 g/mol. The van der Waals surface area contributed by atoms with Crippen LogP contribution in [0.2, 0.25) is 0 Å². The van der Waals surface area contributed by atoms with E-state index in [2.05, 4.69) is 27.5 Å². The van der Waals surface area contributed by atoms with Crippen LogP contribution in [0, 0.1) is 5.92 Å². The topological polar surface area (TPSA) is 52.7 Å². The summed E-state index contributed by atoms with van der Waals surface area (Å²) in [6.45, 7) is 3.43. The Morgan fingerprint density at radius 2 is 2.05 bits per heavy atom. The molecule has 0 spiro atoms. The van der Waals surface area contributed by atoms with Crippen molar-refractivity contribution < 1.29 is 0 Å². The first-order chi connectivity index (χ1) is 9.84. The summed E-state index contributed by atoms with van der Waals surface area (Å²) in [5.74, 6) is 1.85. The van der Waals surface area contributed by atoms with Crippen molar-refractivity contribution in [3.8, 4) is 0 Å². The Labute approximate surface area is 122 Å². The number of aromatic amines is 1. The molecular formula is C16H28N4. The van der Waals surface area contributed by atoms with E-state index in [-0.39, 0.29) is 0 Å². The standard InChI is InChI=1S/C16H28N4/c1-12(16-18-10-11-19-16)20-15-8-3-2-6-13(15)14-7-4-5-9-17-14/h10-15,17,20H,2-9H2,1H3,(H,18,19). The first-order valence-corrected chi connectivity index (χ1v) is 8.33. The normalized spacial score (nSPS) is 33.0. The van der Waals surface area contributed by atoms with Gasteiger partial charge in [0.05, 0.1) is 6.04 Å². The molecule has 1 aliphatic carbocycles. The zero-order valence-corrected chi connectivity index (χ0v) is 12.6. The zero-order chi connectivity index (χ0) is 13.8. The van der Waals surface area contributed by atoms with E-state index in [1.54, 1.807) is 0 Å². The molecule has 4 unspecified atom stereocenters. The Kier molecular flexibility index (Phi) is 4.73. The molecule has 3 rings (SSSR count). The van der Waals surface area contributed by atoms with Crippen LogP contribution in [0.1, 0.15) is 63.7 Å². The summed E-state index contributed by atoms with van der Waals surface area (Å²) >= 11 is 0. The number of nitrogens with zero attached hydrogens (tertiary/aromatic N) is 1. The average Bonchev–Trinajstić information content (AvgIpc) is 3.03. The molecule has 20 heavy (non-hydrogen) atoms. The maximum Gasteiger partial charge on any atom is 0.122 e. The molecule has 4 heteroatoms. The molecule has 0 radical (unpaired) electrons. The van der Waals surface area contributed by atoms with Gasteiger partial charge >= 0.3 is 0 Å². The van der Waals surface area contributed by atoms with Gasteiger partial charge in [-0.25, -0.2) is 4.98 Å². The van der Waals surface area contributed by atoms with Gasteiger partial charge in [-0.2, -0.15) is 0 Å². The van der Waals surface area contributed by atoms with E-state index in [0.29, 0.717) is 12.1 Å². The van der Waals surface area contributed by atoms with Crippen LogP contribution in [0.5, 0.6) is 0 Å². The number of hydrogen-bond donors (Lipinski definition) is 3. The highest BCUT2D eigenvalue weighted by Gasteiger charge is 2.33. The van der Waals surface area contributed by atoms with E-state index in [1.807, 2.05) is 12.4 Å². The highest BCUT2D eigenvalue weighted by atomic mass is 15.0. The molecule has 1 aromatic heterocycles. The van der Waals surface area contributed by atoms with Gasteiger partial charge in [0.25, 0.3) is 0 Å². The van der Waals surface area contributed by atoms with E-state index in [4.69, 9.17) is 0 Å². The lowest BCUT2D eigenvalue weighted by atomic mass is 9.77. The van der Waals surface area contributed by atoms with Crippen LogP contribution in [-0.2, 0) is 0 Å². The minimum atomic E-state index is 0.319. The lowest BCUT2D eigenvalue weighted by molar-refractivity contribution is 0.172. The Morgan fingerprint density at radius 1 is 1.20 bits per heavy atom. The summed E-state index contributed by atoms with van der Waals surface area (Å²) in [6, 6.07) is 1.68. The molecule has 0 amide bonds. The quantitative estimate of drug-likeness (QED) is 0.792. The van der Waals surface area contributed by atoms with E-state index < -0.39 is 0 Å². The van der Waals surface area contributed by atoms with Crippen LogP contribution in [0.25, 0.3) is 0 Å². The molecule has 2 heterocycles. The van der Waals surface area contributed by atoms with Crippen molar-refractivity contribution in [1.29, 1.82) is 0 Å². The predicted molar refractivity (Wildman–Crippen MR) is 81.5 cm³/mol. The third-order valence-corrected chi connectivity index (χ3v) is 5.08. The Bertz CT molecular complexity index is 383. The van der Waals surface area contributed by atoms with Crippen molar-refractivity contribution >= 4 is 0 Å². The maximum absolute atomic E-state index is 4.39. The minimum Gasteiger partial charge on any atom is -0.347 e. The molecule has 2 fully saturated rings. The Morgan fingerprint density at radius 3 is 2.80 bits per heavy atom. The fourth-order valence-electron chi connectivity index (χ4n) is 4.01. The van der Waals surface area contributed by atoms with Crippen LogP contribution < -0.4 is 10.6 Å². The van der Waals surface area contributed by atoms with Crippen LogP contribution in [0.15, 0.2) is 12.4 Å². The monoisotopic (exact) mass is 276 g/mol. The van der Waals surface area contributed by atoms with Crippen LogP contribution in [0.3, 0.4) is 0 Å². The zero-order valence-electron chi connectivity index (χ0n) is 12.6. The molecule has 1 saturated carbocycles. The second-order valence-corrected chi connectivity index (χ2v) is 6.47. The second kappa shape index (κ2) is 6.72. The van der Waals surface area contributed by atoms with Crippen molar-refractivity contribution in [3.05, 3.63) is 18.2 Å². The summed E-state index contributed by atoms with van der Waals surface area (Å²) < 4.78 is 0. The van der Waals surface area contributed by atoms with Gasteiger partial charge in [-0.15, -0.1) is 0 Å². The summed E-state index contributed by atoms with van der Waals surface area (Å²) in [7, 11) is 0. The number of nitrogens with one attached hydrogen (secondary N) is 3. The highest BCUT2D eigenvalue weighted by Crippen LogP contribution is 2.31. The van der Waals surface area contributed by atoms with Gasteiger partial charge in [0.15, 0.2) is 0 Å². The molecule has 0 aromatic carbocycles. The number of aromatic nitrogens is 2. The van der Waals surface area contributed by atoms with E-state index in [9.17, 15) is 0 Å². The Balaban J connectivity index is 1.62. The lowest BCUT2D eigenvalue weighted by Crippen LogP contribution is -2.51. The predicted octanol–water partition coefficient (Wildman–Crippen LogP) is 2.76. The third kappa shape index (κ3) is 3.23. The molecule has 1 saturated heterocycles. The molecule has 1 aromatic rings. The second-order valence-electron chi connectivity index (χ2n) is 6.47. The van der Waals surface area contributed by atoms with Gasteiger partial charge in [0, 0.05) is 24.5 Å². The van der Waals surface area contributed by atoms with E-state index in [0.717, 1.165) is 17.8 Å². The maximum atomic E-state index is 4.39. The summed E-state index contributed by atoms with van der Waals surface area (Å²) in [5, 5.41) is 7.60. The smallest absolute Gasteiger partial charge is 0.122 e. The highest BCUT2D eigenvalue weighted by molar-refractivity contribution is 4.97. The molecule has 1 aliphatic heterocycles. The van der Waals surface area contributed by atoms with E-state index >= 15 is 0 Å². The average molecular weight is 276 g/mol. The fourth-order valence-corrected chi connectivity index (χ4v) is 4.01. The van der Waals surface area contributed by atoms with Gasteiger partial charge in [-0.05, 0) is 45.1 Å². The summed E-state index contributed by atoms with van der Waals surface area (Å²) in [4.78, 5) is 7.62. The SMILES string of the molecule is CC(NC1CCCCC1C1CCCCN1)c1ncc[nH]1. The van der Waals surface area contributed by atoms with Crippen molar-refractivity contribution in [2.75, 3.05) is 6.54 Å². The molecule has 3 N–H and O–H groups in total. The third-order valence-electron chi connectivity index (χ3n) is 5.08. The first kappa shape index (κ1) is 14.1. The number of H-pyrrole nitrogens is 1. The van der Waals surface area contributed by atoms with Gasteiger partial charge in [-0.1, -0.05) is 19.3 Å². The Hall–Kier alpha value is -0.870. The number of piperidine rings is 1. The van der Waals surface area contributed by atoms with Crippen LogP contribution in [0.4, 0.5) is 0 Å². The molecule has 112 valence electrons. The van der Waals surface area contributed by atoms with Gasteiger partial charge in [-0.3, -0.25) is 0 Å². The molecule has 4 nitrogen and oxygen atoms in total. The van der Waals surface area contributed by atoms with Crippen LogP contribution in [-0.4, -0.2) is 28.6 Å². The summed E-state index contributed by atoms with van der Waals surface area (Å²) in [5.41, 5.74) is 0. The van der Waals surface area contributed by atoms with Crippen molar-refractivity contribution in [3.63, 3.8) is 0 Å². The molecule has 2 aliphatic rings. The molecule has 0 bridgehead atoms. The van der Waals surface area contributed by atoms with Crippen molar-refractivity contribution in [2.45, 2.75) is 70.0 Å². The number of imidazole rings is 1. The number of hydrogen-bond acceptors (Lipinski definition) is 3. The number of rotatable bonds is 4. The molecule has 4 atom stereocenters. The minimum absolute atomic E-state index is 0.319. The lowest BCUT2D eigenvalue weighted by Gasteiger charge is -2.40. The van der Waals surface area contributed by atoms with Gasteiger partial charge in [0.2, 0.25) is 0 Å². The van der Waals surface area contributed by atoms with Gasteiger partial charge in [0.1, 0.15) is 5.82 Å². The van der Waals surface area contributed by atoms with E-state index in [1.165, 1.54) is 51.5 Å². The van der Waals surface area contributed by atoms with Crippen molar-refractivity contribution in [1.82, 2.24) is 20.6 Å². The van der Waals surface area contributed by atoms with Crippen LogP contribution >= 0.6 is 0 Å². The fraction of sp³-hybridized carbons (Fsp3) is 0.812. The largest absolute Gasteiger partial charge is 0.347 e. The first-order valence-electron chi connectivity index (χ1n) is 8.33.